The predicted octanol–water partition coefficient (Wildman–Crippen LogP) is 2.71. The van der Waals surface area contributed by atoms with Gasteiger partial charge in [0.15, 0.2) is 0 Å². The van der Waals surface area contributed by atoms with Crippen LogP contribution in [-0.4, -0.2) is 9.97 Å². The van der Waals surface area contributed by atoms with Crippen molar-refractivity contribution >= 4 is 11.3 Å². The number of hydrogen-bond donors (Lipinski definition) is 1. The molecule has 1 unspecified atom stereocenters. The predicted molar refractivity (Wildman–Crippen MR) is 71.2 cm³/mol. The molecule has 0 radical (unpaired) electrons. The smallest absolute Gasteiger partial charge is 0.0947 e. The Bertz CT molecular complexity index is 499. The fourth-order valence-corrected chi connectivity index (χ4v) is 2.72. The molecule has 2 N–H and O–H groups in total. The van der Waals surface area contributed by atoms with Crippen molar-refractivity contribution in [3.8, 4) is 0 Å². The van der Waals surface area contributed by atoms with E-state index in [9.17, 15) is 0 Å². The standard InChI is InChI=1S/C13H17N3S/c1-8-4-11(5-9(2)15-8)12(14)6-13-16-10(3)7-17-13/h4-5,7,12H,6,14H2,1-3H3. The van der Waals surface area contributed by atoms with E-state index in [1.165, 1.54) is 0 Å². The summed E-state index contributed by atoms with van der Waals surface area (Å²) in [5.41, 5.74) is 10.5. The first kappa shape index (κ1) is 12.2. The van der Waals surface area contributed by atoms with Crippen LogP contribution >= 0.6 is 11.3 Å². The van der Waals surface area contributed by atoms with Crippen molar-refractivity contribution in [1.82, 2.24) is 9.97 Å². The molecule has 4 heteroatoms. The summed E-state index contributed by atoms with van der Waals surface area (Å²) in [6.45, 7) is 6.00. The molecule has 0 aromatic carbocycles. The van der Waals surface area contributed by atoms with Gasteiger partial charge in [-0.15, -0.1) is 11.3 Å². The molecule has 17 heavy (non-hydrogen) atoms. The van der Waals surface area contributed by atoms with Gasteiger partial charge < -0.3 is 5.73 Å². The highest BCUT2D eigenvalue weighted by Gasteiger charge is 2.10. The van der Waals surface area contributed by atoms with Crippen LogP contribution in [0.15, 0.2) is 17.5 Å². The lowest BCUT2D eigenvalue weighted by Gasteiger charge is -2.11. The number of nitrogens with two attached hydrogens (primary N) is 1. The molecule has 3 nitrogen and oxygen atoms in total. The minimum absolute atomic E-state index is 0.000880. The van der Waals surface area contributed by atoms with Crippen LogP contribution < -0.4 is 5.73 Å². The molecule has 2 rings (SSSR count). The average molecular weight is 247 g/mol. The van der Waals surface area contributed by atoms with Crippen molar-refractivity contribution in [1.29, 1.82) is 0 Å². The Morgan fingerprint density at radius 2 is 1.76 bits per heavy atom. The zero-order chi connectivity index (χ0) is 12.4. The first-order chi connectivity index (χ1) is 8.04. The number of aryl methyl sites for hydroxylation is 3. The van der Waals surface area contributed by atoms with E-state index in [0.29, 0.717) is 0 Å². The number of aromatic nitrogens is 2. The second kappa shape index (κ2) is 4.94. The third-order valence-corrected chi connectivity index (χ3v) is 3.58. The lowest BCUT2D eigenvalue weighted by Crippen LogP contribution is -2.14. The lowest BCUT2D eigenvalue weighted by atomic mass is 10.0. The molecule has 1 atom stereocenters. The van der Waals surface area contributed by atoms with Crippen LogP contribution in [0.25, 0.3) is 0 Å². The van der Waals surface area contributed by atoms with E-state index in [1.54, 1.807) is 11.3 Å². The first-order valence-electron chi connectivity index (χ1n) is 5.66. The molecule has 0 bridgehead atoms. The lowest BCUT2D eigenvalue weighted by molar-refractivity contribution is 0.712. The molecule has 0 amide bonds. The molecule has 2 aromatic rings. The first-order valence-corrected chi connectivity index (χ1v) is 6.54. The highest BCUT2D eigenvalue weighted by atomic mass is 32.1. The average Bonchev–Trinajstić information content (AvgIpc) is 2.62. The molecule has 0 aliphatic carbocycles. The number of pyridine rings is 1. The summed E-state index contributed by atoms with van der Waals surface area (Å²) in [4.78, 5) is 8.80. The highest BCUT2D eigenvalue weighted by Crippen LogP contribution is 2.19. The fourth-order valence-electron chi connectivity index (χ4n) is 1.88. The number of nitrogens with zero attached hydrogens (tertiary/aromatic N) is 2. The van der Waals surface area contributed by atoms with Crippen molar-refractivity contribution in [2.75, 3.05) is 0 Å². The molecule has 2 aromatic heterocycles. The van der Waals surface area contributed by atoms with Gasteiger partial charge in [0.2, 0.25) is 0 Å². The van der Waals surface area contributed by atoms with E-state index in [2.05, 4.69) is 27.5 Å². The van der Waals surface area contributed by atoms with Gasteiger partial charge in [-0.05, 0) is 38.5 Å². The molecular formula is C13H17N3S. The third-order valence-electron chi connectivity index (χ3n) is 2.59. The summed E-state index contributed by atoms with van der Waals surface area (Å²) in [5, 5.41) is 3.16. The zero-order valence-corrected chi connectivity index (χ0v) is 11.2. The molecule has 0 fully saturated rings. The maximum absolute atomic E-state index is 6.21. The van der Waals surface area contributed by atoms with Gasteiger partial charge in [-0.3, -0.25) is 4.98 Å². The topological polar surface area (TPSA) is 51.8 Å². The largest absolute Gasteiger partial charge is 0.324 e. The van der Waals surface area contributed by atoms with E-state index in [0.717, 1.165) is 34.1 Å². The molecule has 0 aliphatic heterocycles. The van der Waals surface area contributed by atoms with Gasteiger partial charge >= 0.3 is 0 Å². The van der Waals surface area contributed by atoms with Crippen LogP contribution in [0.1, 0.15) is 33.7 Å². The molecule has 2 heterocycles. The highest BCUT2D eigenvalue weighted by molar-refractivity contribution is 7.09. The van der Waals surface area contributed by atoms with Crippen LogP contribution in [0.5, 0.6) is 0 Å². The van der Waals surface area contributed by atoms with Crippen molar-refractivity contribution in [3.05, 3.63) is 45.2 Å². The summed E-state index contributed by atoms with van der Waals surface area (Å²) in [7, 11) is 0. The third kappa shape index (κ3) is 3.11. The van der Waals surface area contributed by atoms with Crippen molar-refractivity contribution in [2.24, 2.45) is 5.73 Å². The molecule has 0 saturated heterocycles. The van der Waals surface area contributed by atoms with Gasteiger partial charge in [0.25, 0.3) is 0 Å². The Balaban J connectivity index is 2.16. The van der Waals surface area contributed by atoms with E-state index in [1.807, 2.05) is 20.8 Å². The summed E-state index contributed by atoms with van der Waals surface area (Å²) in [6, 6.07) is 4.11. The maximum atomic E-state index is 6.21. The van der Waals surface area contributed by atoms with Crippen molar-refractivity contribution in [2.45, 2.75) is 33.2 Å². The SMILES string of the molecule is Cc1cc(C(N)Cc2nc(C)cs2)cc(C)n1. The van der Waals surface area contributed by atoms with Gasteiger partial charge in [-0.25, -0.2) is 4.98 Å². The normalized spacial score (nSPS) is 12.7. The van der Waals surface area contributed by atoms with Crippen molar-refractivity contribution < 1.29 is 0 Å². The maximum Gasteiger partial charge on any atom is 0.0947 e. The van der Waals surface area contributed by atoms with Crippen LogP contribution in [0.2, 0.25) is 0 Å². The van der Waals surface area contributed by atoms with E-state index in [4.69, 9.17) is 5.73 Å². The van der Waals surface area contributed by atoms with Gasteiger partial charge in [-0.2, -0.15) is 0 Å². The number of thiazole rings is 1. The molecule has 0 aliphatic rings. The van der Waals surface area contributed by atoms with Crippen LogP contribution in [0, 0.1) is 20.8 Å². The van der Waals surface area contributed by atoms with E-state index >= 15 is 0 Å². The van der Waals surface area contributed by atoms with Crippen LogP contribution in [0.4, 0.5) is 0 Å². The van der Waals surface area contributed by atoms with Gasteiger partial charge in [0.05, 0.1) is 5.01 Å². The number of rotatable bonds is 3. The van der Waals surface area contributed by atoms with Crippen molar-refractivity contribution in [3.63, 3.8) is 0 Å². The van der Waals surface area contributed by atoms with Gasteiger partial charge in [0, 0.05) is 34.9 Å². The minimum atomic E-state index is 0.000880. The molecular weight excluding hydrogens is 230 g/mol. The molecule has 0 saturated carbocycles. The van der Waals surface area contributed by atoms with E-state index in [-0.39, 0.29) is 6.04 Å². The second-order valence-corrected chi connectivity index (χ2v) is 5.32. The van der Waals surface area contributed by atoms with Gasteiger partial charge in [0.1, 0.15) is 0 Å². The fraction of sp³-hybridized carbons (Fsp3) is 0.385. The van der Waals surface area contributed by atoms with Gasteiger partial charge in [-0.1, -0.05) is 0 Å². The minimum Gasteiger partial charge on any atom is -0.324 e. The Morgan fingerprint density at radius 3 is 2.29 bits per heavy atom. The Kier molecular flexibility index (Phi) is 3.54. The number of hydrogen-bond acceptors (Lipinski definition) is 4. The zero-order valence-electron chi connectivity index (χ0n) is 10.4. The summed E-state index contributed by atoms with van der Waals surface area (Å²) in [5.74, 6) is 0. The quantitative estimate of drug-likeness (QED) is 0.907. The van der Waals surface area contributed by atoms with Crippen LogP contribution in [0.3, 0.4) is 0 Å². The second-order valence-electron chi connectivity index (χ2n) is 4.38. The monoisotopic (exact) mass is 247 g/mol. The Labute approximate surface area is 106 Å². The summed E-state index contributed by atoms with van der Waals surface area (Å²) < 4.78 is 0. The molecule has 0 spiro atoms. The summed E-state index contributed by atoms with van der Waals surface area (Å²) in [6.07, 6.45) is 0.793. The van der Waals surface area contributed by atoms with Crippen LogP contribution in [-0.2, 0) is 6.42 Å². The molecule has 90 valence electrons. The van der Waals surface area contributed by atoms with E-state index < -0.39 is 0 Å². The summed E-state index contributed by atoms with van der Waals surface area (Å²) >= 11 is 1.67. The Morgan fingerprint density at radius 1 is 1.12 bits per heavy atom. The Hall–Kier alpha value is -1.26.